The van der Waals surface area contributed by atoms with Gasteiger partial charge in [-0.1, -0.05) is 13.8 Å². The Balaban J connectivity index is 2.78. The van der Waals surface area contributed by atoms with E-state index < -0.39 is 34.5 Å². The lowest BCUT2D eigenvalue weighted by Crippen LogP contribution is -2.42. The minimum Gasteiger partial charge on any atom is -0.388 e. The van der Waals surface area contributed by atoms with Crippen LogP contribution >= 0.6 is 0 Å². The van der Waals surface area contributed by atoms with Gasteiger partial charge in [0.1, 0.15) is 23.0 Å². The summed E-state index contributed by atoms with van der Waals surface area (Å²) in [5.74, 6) is -4.47. The van der Waals surface area contributed by atoms with Gasteiger partial charge < -0.3 is 10.4 Å². The molecule has 0 aliphatic heterocycles. The molecule has 0 aromatic heterocycles. The van der Waals surface area contributed by atoms with E-state index in [-0.39, 0.29) is 12.5 Å². The average Bonchev–Trinajstić information content (AvgIpc) is 2.23. The van der Waals surface area contributed by atoms with E-state index in [0.717, 1.165) is 0 Å². The summed E-state index contributed by atoms with van der Waals surface area (Å²) in [6.07, 6.45) is 0.418. The van der Waals surface area contributed by atoms with Crippen molar-refractivity contribution in [3.8, 4) is 0 Å². The molecule has 0 radical (unpaired) electrons. The van der Waals surface area contributed by atoms with Crippen molar-refractivity contribution < 1.29 is 23.1 Å². The first-order valence-corrected chi connectivity index (χ1v) is 6.27. The van der Waals surface area contributed by atoms with Crippen molar-refractivity contribution in [3.05, 3.63) is 35.1 Å². The Kier molecular flexibility index (Phi) is 5.16. The lowest BCUT2D eigenvalue weighted by molar-refractivity contribution is 0.0366. The van der Waals surface area contributed by atoms with E-state index in [0.29, 0.717) is 18.6 Å². The Hall–Kier alpha value is -1.56. The van der Waals surface area contributed by atoms with Crippen LogP contribution in [0.5, 0.6) is 0 Å². The van der Waals surface area contributed by atoms with Crippen LogP contribution < -0.4 is 5.32 Å². The molecule has 20 heavy (non-hydrogen) atoms. The van der Waals surface area contributed by atoms with E-state index in [9.17, 15) is 23.1 Å². The van der Waals surface area contributed by atoms with E-state index in [1.165, 1.54) is 6.92 Å². The quantitative estimate of drug-likeness (QED) is 0.875. The van der Waals surface area contributed by atoms with Crippen LogP contribution in [0.15, 0.2) is 12.1 Å². The van der Waals surface area contributed by atoms with E-state index in [1.54, 1.807) is 0 Å². The first-order valence-electron chi connectivity index (χ1n) is 6.27. The molecule has 0 fully saturated rings. The summed E-state index contributed by atoms with van der Waals surface area (Å²) in [6.45, 7) is 5.16. The molecule has 6 heteroatoms. The summed E-state index contributed by atoms with van der Waals surface area (Å²) in [6, 6.07) is 0.870. The van der Waals surface area contributed by atoms with Crippen molar-refractivity contribution in [1.29, 1.82) is 0 Å². The number of amides is 1. The van der Waals surface area contributed by atoms with Crippen molar-refractivity contribution >= 4 is 5.91 Å². The van der Waals surface area contributed by atoms with Gasteiger partial charge in [-0.25, -0.2) is 13.2 Å². The Labute approximate surface area is 115 Å². The molecule has 0 aliphatic carbocycles. The molecule has 112 valence electrons. The van der Waals surface area contributed by atoms with Crippen LogP contribution in [0.4, 0.5) is 13.2 Å². The molecule has 0 bridgehead atoms. The molecule has 0 saturated carbocycles. The molecular formula is C14H18F3NO2. The Morgan fingerprint density at radius 3 is 2.25 bits per heavy atom. The van der Waals surface area contributed by atoms with Gasteiger partial charge in [0.25, 0.3) is 5.91 Å². The molecule has 1 amide bonds. The highest BCUT2D eigenvalue weighted by Gasteiger charge is 2.25. The molecule has 0 aliphatic rings. The topological polar surface area (TPSA) is 49.3 Å². The first-order chi connectivity index (χ1) is 9.12. The van der Waals surface area contributed by atoms with Crippen molar-refractivity contribution in [1.82, 2.24) is 5.32 Å². The highest BCUT2D eigenvalue weighted by atomic mass is 19.1. The van der Waals surface area contributed by atoms with E-state index in [4.69, 9.17) is 0 Å². The van der Waals surface area contributed by atoms with Gasteiger partial charge in [0, 0.05) is 18.7 Å². The molecule has 2 N–H and O–H groups in total. The Morgan fingerprint density at radius 1 is 1.30 bits per heavy atom. The predicted molar refractivity (Wildman–Crippen MR) is 68.7 cm³/mol. The number of rotatable bonds is 5. The average molecular weight is 289 g/mol. The van der Waals surface area contributed by atoms with Gasteiger partial charge in [-0.15, -0.1) is 0 Å². The highest BCUT2D eigenvalue weighted by molar-refractivity contribution is 5.94. The smallest absolute Gasteiger partial charge is 0.257 e. The number of halogens is 3. The molecule has 1 aromatic rings. The number of aliphatic hydroxyl groups is 1. The molecule has 1 aromatic carbocycles. The van der Waals surface area contributed by atoms with Gasteiger partial charge in [0.15, 0.2) is 0 Å². The molecule has 0 heterocycles. The lowest BCUT2D eigenvalue weighted by Gasteiger charge is -2.25. The molecule has 0 spiro atoms. The van der Waals surface area contributed by atoms with E-state index in [2.05, 4.69) is 5.32 Å². The predicted octanol–water partition coefficient (Wildman–Crippen LogP) is 2.63. The van der Waals surface area contributed by atoms with Gasteiger partial charge in [-0.2, -0.15) is 0 Å². The number of carbonyl (C=O) groups is 1. The molecule has 1 atom stereocenters. The minimum absolute atomic E-state index is 0.153. The second kappa shape index (κ2) is 6.26. The summed E-state index contributed by atoms with van der Waals surface area (Å²) >= 11 is 0. The number of hydrogen-bond acceptors (Lipinski definition) is 2. The van der Waals surface area contributed by atoms with Crippen molar-refractivity contribution in [2.45, 2.75) is 32.8 Å². The maximum absolute atomic E-state index is 13.4. The SMILES string of the molecule is CC(C)CC(C)(O)CNC(=O)c1c(F)cc(F)cc1F. The van der Waals surface area contributed by atoms with Crippen LogP contribution in [0.1, 0.15) is 37.6 Å². The largest absolute Gasteiger partial charge is 0.388 e. The van der Waals surface area contributed by atoms with Crippen LogP contribution in [-0.4, -0.2) is 23.2 Å². The molecule has 1 rings (SSSR count). The number of benzene rings is 1. The summed E-state index contributed by atoms with van der Waals surface area (Å²) in [4.78, 5) is 11.7. The van der Waals surface area contributed by atoms with Crippen LogP contribution in [0.3, 0.4) is 0 Å². The third kappa shape index (κ3) is 4.52. The van der Waals surface area contributed by atoms with Crippen LogP contribution in [0, 0.1) is 23.4 Å². The summed E-state index contributed by atoms with van der Waals surface area (Å²) in [5, 5.41) is 12.3. The number of hydrogen-bond donors (Lipinski definition) is 2. The fraction of sp³-hybridized carbons (Fsp3) is 0.500. The maximum Gasteiger partial charge on any atom is 0.257 e. The standard InChI is InChI=1S/C14H18F3NO2/c1-8(2)6-14(3,20)7-18-13(19)12-10(16)4-9(15)5-11(12)17/h4-5,8,20H,6-7H2,1-3H3,(H,18,19). The van der Waals surface area contributed by atoms with E-state index >= 15 is 0 Å². The summed E-state index contributed by atoms with van der Waals surface area (Å²) in [5.41, 5.74) is -2.04. The van der Waals surface area contributed by atoms with Gasteiger partial charge in [0.05, 0.1) is 5.60 Å². The van der Waals surface area contributed by atoms with Crippen molar-refractivity contribution in [2.24, 2.45) is 5.92 Å². The van der Waals surface area contributed by atoms with Crippen LogP contribution in [0.2, 0.25) is 0 Å². The summed E-state index contributed by atoms with van der Waals surface area (Å²) in [7, 11) is 0. The maximum atomic E-state index is 13.4. The van der Waals surface area contributed by atoms with Crippen molar-refractivity contribution in [2.75, 3.05) is 6.54 Å². The normalized spacial score (nSPS) is 14.2. The van der Waals surface area contributed by atoms with Gasteiger partial charge in [0.2, 0.25) is 0 Å². The highest BCUT2D eigenvalue weighted by Crippen LogP contribution is 2.17. The first kappa shape index (κ1) is 16.5. The second-order valence-corrected chi connectivity index (χ2v) is 5.52. The van der Waals surface area contributed by atoms with Gasteiger partial charge in [-0.3, -0.25) is 4.79 Å². The third-order valence-electron chi connectivity index (χ3n) is 2.71. The van der Waals surface area contributed by atoms with Crippen LogP contribution in [0.25, 0.3) is 0 Å². The lowest BCUT2D eigenvalue weighted by atomic mass is 9.94. The summed E-state index contributed by atoms with van der Waals surface area (Å²) < 4.78 is 39.5. The fourth-order valence-electron chi connectivity index (χ4n) is 2.07. The number of carbonyl (C=O) groups excluding carboxylic acids is 1. The second-order valence-electron chi connectivity index (χ2n) is 5.52. The number of nitrogens with one attached hydrogen (secondary N) is 1. The van der Waals surface area contributed by atoms with E-state index in [1.807, 2.05) is 13.8 Å². The fourth-order valence-corrected chi connectivity index (χ4v) is 2.07. The van der Waals surface area contributed by atoms with Gasteiger partial charge >= 0.3 is 0 Å². The van der Waals surface area contributed by atoms with Gasteiger partial charge in [-0.05, 0) is 19.3 Å². The van der Waals surface area contributed by atoms with Crippen LogP contribution in [-0.2, 0) is 0 Å². The molecule has 1 unspecified atom stereocenters. The Morgan fingerprint density at radius 2 is 1.80 bits per heavy atom. The Bertz CT molecular complexity index is 478. The third-order valence-corrected chi connectivity index (χ3v) is 2.71. The molecule has 3 nitrogen and oxygen atoms in total. The zero-order valence-electron chi connectivity index (χ0n) is 11.6. The molecular weight excluding hydrogens is 271 g/mol. The monoisotopic (exact) mass is 289 g/mol. The zero-order valence-corrected chi connectivity index (χ0v) is 11.6. The minimum atomic E-state index is -1.27. The van der Waals surface area contributed by atoms with Crippen molar-refractivity contribution in [3.63, 3.8) is 0 Å². The zero-order chi connectivity index (χ0) is 15.5. The molecule has 0 saturated heterocycles.